The van der Waals surface area contributed by atoms with Crippen LogP contribution in [0.3, 0.4) is 0 Å². The number of hydrogen-bond donors (Lipinski definition) is 1. The van der Waals surface area contributed by atoms with E-state index in [1.807, 2.05) is 6.92 Å². The van der Waals surface area contributed by atoms with Gasteiger partial charge in [-0.15, -0.1) is 25.7 Å². The van der Waals surface area contributed by atoms with E-state index in [9.17, 15) is 13.6 Å². The van der Waals surface area contributed by atoms with Gasteiger partial charge in [0.25, 0.3) is 0 Å². The van der Waals surface area contributed by atoms with Gasteiger partial charge in [0.1, 0.15) is 0 Å². The highest BCUT2D eigenvalue weighted by molar-refractivity contribution is 5.70. The predicted octanol–water partition coefficient (Wildman–Crippen LogP) is 3.22. The minimum Gasteiger partial charge on any atom is -0.481 e. The van der Waals surface area contributed by atoms with Crippen LogP contribution >= 0.6 is 0 Å². The number of carboxylic acids is 1. The van der Waals surface area contributed by atoms with E-state index in [0.29, 0.717) is 19.6 Å². The Bertz CT molecular complexity index is 424. The summed E-state index contributed by atoms with van der Waals surface area (Å²) in [5.74, 6) is -2.57. The summed E-state index contributed by atoms with van der Waals surface area (Å²) in [5.41, 5.74) is 0. The molecule has 2 rings (SSSR count). The summed E-state index contributed by atoms with van der Waals surface area (Å²) in [6.07, 6.45) is 16.7. The monoisotopic (exact) mass is 342 g/mol. The minimum atomic E-state index is -0.799. The zero-order valence-corrected chi connectivity index (χ0v) is 14.0. The number of hydrogen-bond acceptors (Lipinski definition) is 3. The second kappa shape index (κ2) is 20.6. The summed E-state index contributed by atoms with van der Waals surface area (Å²) in [6, 6.07) is 5.04. The van der Waals surface area contributed by atoms with E-state index in [-0.39, 0.29) is 5.92 Å². The van der Waals surface area contributed by atoms with Crippen LogP contribution in [0.25, 0.3) is 0 Å². The van der Waals surface area contributed by atoms with Gasteiger partial charge in [-0.2, -0.15) is 0 Å². The van der Waals surface area contributed by atoms with Gasteiger partial charge in [0.15, 0.2) is 11.6 Å². The van der Waals surface area contributed by atoms with Crippen molar-refractivity contribution in [2.45, 2.75) is 13.3 Å². The fraction of sp³-hybridized carbons (Fsp3) is 0.389. The summed E-state index contributed by atoms with van der Waals surface area (Å²) in [7, 11) is 1.68. The summed E-state index contributed by atoms with van der Waals surface area (Å²) >= 11 is 0. The van der Waals surface area contributed by atoms with Crippen LogP contribution in [0.4, 0.5) is 8.78 Å². The first-order valence-electron chi connectivity index (χ1n) is 6.89. The van der Waals surface area contributed by atoms with Crippen molar-refractivity contribution in [1.82, 2.24) is 0 Å². The second-order valence-electron chi connectivity index (χ2n) is 3.89. The molecule has 1 fully saturated rings. The Balaban J connectivity index is -0.000000261. The van der Waals surface area contributed by atoms with E-state index >= 15 is 0 Å². The van der Waals surface area contributed by atoms with Crippen LogP contribution < -0.4 is 0 Å². The molecule has 1 N–H and O–H groups in total. The van der Waals surface area contributed by atoms with E-state index in [1.54, 1.807) is 7.11 Å². The van der Waals surface area contributed by atoms with Crippen molar-refractivity contribution in [2.75, 3.05) is 26.9 Å². The number of aliphatic carboxylic acids is 1. The molecule has 0 aromatic heterocycles. The highest BCUT2D eigenvalue weighted by Crippen LogP contribution is 2.11. The van der Waals surface area contributed by atoms with Crippen molar-refractivity contribution in [3.8, 4) is 25.7 Å². The third kappa shape index (κ3) is 16.0. The van der Waals surface area contributed by atoms with Gasteiger partial charge >= 0.3 is 5.97 Å². The second-order valence-corrected chi connectivity index (χ2v) is 3.89. The van der Waals surface area contributed by atoms with Crippen LogP contribution in [0.1, 0.15) is 13.3 Å². The molecule has 0 amide bonds. The fourth-order valence-corrected chi connectivity index (χ4v) is 1.17. The molecule has 1 aromatic carbocycles. The molecule has 1 atom stereocenters. The van der Waals surface area contributed by atoms with Crippen LogP contribution in [-0.4, -0.2) is 38.0 Å². The molecular formula is C18H24F2O4. The van der Waals surface area contributed by atoms with E-state index in [2.05, 4.69) is 30.4 Å². The third-order valence-electron chi connectivity index (χ3n) is 2.39. The lowest BCUT2D eigenvalue weighted by molar-refractivity contribution is -0.141. The Morgan fingerprint density at radius 2 is 1.67 bits per heavy atom. The lowest BCUT2D eigenvalue weighted by Gasteiger charge is -1.95. The van der Waals surface area contributed by atoms with Gasteiger partial charge in [0, 0.05) is 20.3 Å². The van der Waals surface area contributed by atoms with Gasteiger partial charge in [-0.05, 0) is 25.5 Å². The molecule has 1 aliphatic rings. The third-order valence-corrected chi connectivity index (χ3v) is 2.39. The molecule has 1 aliphatic heterocycles. The number of benzene rings is 1. The van der Waals surface area contributed by atoms with Crippen molar-refractivity contribution in [1.29, 1.82) is 0 Å². The maximum Gasteiger partial charge on any atom is 0.308 e. The molecule has 1 aromatic rings. The van der Waals surface area contributed by atoms with Crippen LogP contribution in [0.15, 0.2) is 24.3 Å². The molecule has 1 saturated heterocycles. The van der Waals surface area contributed by atoms with E-state index in [1.165, 1.54) is 12.1 Å². The van der Waals surface area contributed by atoms with Crippen LogP contribution in [0, 0.1) is 43.2 Å². The van der Waals surface area contributed by atoms with E-state index in [4.69, 9.17) is 9.84 Å². The molecule has 0 spiro atoms. The number of terminal acetylenes is 2. The first kappa shape index (κ1) is 26.5. The number of ether oxygens (including phenoxy) is 2. The fourth-order valence-electron chi connectivity index (χ4n) is 1.17. The van der Waals surface area contributed by atoms with Gasteiger partial charge in [-0.1, -0.05) is 12.1 Å². The Hall–Kier alpha value is -2.41. The van der Waals surface area contributed by atoms with Crippen LogP contribution in [-0.2, 0) is 14.3 Å². The molecule has 0 aliphatic carbocycles. The number of halogens is 2. The first-order valence-corrected chi connectivity index (χ1v) is 6.89. The summed E-state index contributed by atoms with van der Waals surface area (Å²) in [6.45, 7) is 3.78. The van der Waals surface area contributed by atoms with Crippen LogP contribution in [0.5, 0.6) is 0 Å². The number of carbonyl (C=O) groups is 1. The lowest BCUT2D eigenvalue weighted by atomic mass is 10.1. The Labute approximate surface area is 142 Å². The standard InChI is InChI=1S/C6H4F2.C5H8O3.C3H8O.2C2H2/c7-5-3-1-2-4-6(5)8;6-5(7)4-1-2-8-3-4;1-3-4-2;2*1-2/h1-4H;4H,1-3H2,(H,6,7);3H2,1-2H3;2*1-2H/t;4-;;;/m.1.../s1. The number of methoxy groups -OCH3 is 1. The topological polar surface area (TPSA) is 55.8 Å². The molecule has 134 valence electrons. The molecule has 0 saturated carbocycles. The van der Waals surface area contributed by atoms with E-state index in [0.717, 1.165) is 18.7 Å². The highest BCUT2D eigenvalue weighted by Gasteiger charge is 2.21. The average molecular weight is 342 g/mol. The molecule has 0 unspecified atom stereocenters. The van der Waals surface area contributed by atoms with E-state index < -0.39 is 17.6 Å². The van der Waals surface area contributed by atoms with Crippen molar-refractivity contribution < 1.29 is 28.2 Å². The van der Waals surface area contributed by atoms with Crippen LogP contribution in [0.2, 0.25) is 0 Å². The van der Waals surface area contributed by atoms with Gasteiger partial charge < -0.3 is 14.6 Å². The molecule has 24 heavy (non-hydrogen) atoms. The Kier molecular flexibility index (Phi) is 22.7. The highest BCUT2D eigenvalue weighted by atomic mass is 19.2. The van der Waals surface area contributed by atoms with Crippen molar-refractivity contribution in [3.63, 3.8) is 0 Å². The molecule has 6 heteroatoms. The summed E-state index contributed by atoms with van der Waals surface area (Å²) < 4.78 is 33.3. The SMILES string of the molecule is C#C.C#C.CCOC.Fc1ccccc1F.O=C(O)[C@@H]1CCOC1. The minimum absolute atomic E-state index is 0.241. The predicted molar refractivity (Wildman–Crippen MR) is 90.2 cm³/mol. The van der Waals surface area contributed by atoms with Crippen molar-refractivity contribution in [3.05, 3.63) is 35.9 Å². The first-order chi connectivity index (χ1) is 11.5. The lowest BCUT2D eigenvalue weighted by Crippen LogP contribution is -2.12. The van der Waals surface area contributed by atoms with Crippen molar-refractivity contribution in [2.24, 2.45) is 5.92 Å². The van der Waals surface area contributed by atoms with Gasteiger partial charge in [-0.25, -0.2) is 8.78 Å². The summed E-state index contributed by atoms with van der Waals surface area (Å²) in [4.78, 5) is 10.1. The molecule has 1 heterocycles. The molecule has 4 nitrogen and oxygen atoms in total. The maximum absolute atomic E-state index is 11.9. The smallest absolute Gasteiger partial charge is 0.308 e. The molecular weight excluding hydrogens is 318 g/mol. The largest absolute Gasteiger partial charge is 0.481 e. The average Bonchev–Trinajstić information content (AvgIpc) is 3.17. The summed E-state index contributed by atoms with van der Waals surface area (Å²) in [5, 5.41) is 8.33. The zero-order valence-electron chi connectivity index (χ0n) is 14.0. The Morgan fingerprint density at radius 1 is 1.25 bits per heavy atom. The quantitative estimate of drug-likeness (QED) is 0.839. The van der Waals surface area contributed by atoms with Gasteiger partial charge in [-0.3, -0.25) is 4.79 Å². The Morgan fingerprint density at radius 3 is 1.83 bits per heavy atom. The van der Waals surface area contributed by atoms with Gasteiger partial charge in [0.05, 0.1) is 12.5 Å². The molecule has 0 radical (unpaired) electrons. The van der Waals surface area contributed by atoms with Gasteiger partial charge in [0.2, 0.25) is 0 Å². The maximum atomic E-state index is 11.9. The molecule has 0 bridgehead atoms. The normalized spacial score (nSPS) is 13.9. The van der Waals surface area contributed by atoms with Crippen molar-refractivity contribution >= 4 is 5.97 Å². The number of rotatable bonds is 2. The zero-order chi connectivity index (χ0) is 19.4. The number of carboxylic acid groups (broad SMARTS) is 1.